The molecule has 0 saturated carbocycles. The average Bonchev–Trinajstić information content (AvgIpc) is 2.74. The van der Waals surface area contributed by atoms with E-state index in [9.17, 15) is 5.11 Å². The molecule has 0 fully saturated rings. The van der Waals surface area contributed by atoms with Gasteiger partial charge in [-0.3, -0.25) is 10.3 Å². The monoisotopic (exact) mass is 372 g/mol. The lowest BCUT2D eigenvalue weighted by Gasteiger charge is -2.31. The van der Waals surface area contributed by atoms with Gasteiger partial charge in [-0.05, 0) is 36.2 Å². The minimum Gasteiger partial charge on any atom is -0.508 e. The van der Waals surface area contributed by atoms with Crippen LogP contribution in [-0.2, 0) is 0 Å². The highest BCUT2D eigenvalue weighted by Gasteiger charge is 2.27. The number of aliphatic imine (C=N–C) groups is 1. The first-order valence-electron chi connectivity index (χ1n) is 9.45. The van der Waals surface area contributed by atoms with Crippen molar-refractivity contribution in [2.75, 3.05) is 7.11 Å². The first-order chi connectivity index (χ1) is 13.6. The molecule has 142 valence electrons. The van der Waals surface area contributed by atoms with Crippen molar-refractivity contribution < 1.29 is 9.84 Å². The molecule has 0 radical (unpaired) electrons. The van der Waals surface area contributed by atoms with Gasteiger partial charge < -0.3 is 9.84 Å². The van der Waals surface area contributed by atoms with E-state index in [4.69, 9.17) is 9.73 Å². The fourth-order valence-electron chi connectivity index (χ4n) is 3.57. The van der Waals surface area contributed by atoms with Crippen molar-refractivity contribution in [1.29, 1.82) is 0 Å². The second-order valence-electron chi connectivity index (χ2n) is 7.10. The van der Waals surface area contributed by atoms with Crippen LogP contribution >= 0.6 is 0 Å². The number of phenols is 1. The minimum atomic E-state index is -0.194. The first-order valence-corrected chi connectivity index (χ1v) is 9.45. The maximum Gasteiger partial charge on any atom is 0.126 e. The summed E-state index contributed by atoms with van der Waals surface area (Å²) in [6, 6.07) is 23.9. The second kappa shape index (κ2) is 7.87. The second-order valence-corrected chi connectivity index (χ2v) is 7.10. The molecule has 4 heteroatoms. The number of ether oxygens (including phenoxy) is 1. The van der Waals surface area contributed by atoms with E-state index in [1.165, 1.54) is 5.56 Å². The fraction of sp³-hybridized carbons (Fsp3) is 0.208. The SMILES string of the molecule is COc1ccc([C@H]2N=C(c3ccc(C)cc3)C[C@H](c3ccccc3O)N2)cc1. The summed E-state index contributed by atoms with van der Waals surface area (Å²) in [7, 11) is 1.66. The van der Waals surface area contributed by atoms with Gasteiger partial charge in [-0.2, -0.15) is 0 Å². The van der Waals surface area contributed by atoms with Crippen LogP contribution in [0, 0.1) is 6.92 Å². The molecule has 4 nitrogen and oxygen atoms in total. The maximum atomic E-state index is 10.4. The Labute approximate surface area is 165 Å². The van der Waals surface area contributed by atoms with Crippen LogP contribution in [0.4, 0.5) is 0 Å². The zero-order valence-corrected chi connectivity index (χ0v) is 16.1. The van der Waals surface area contributed by atoms with E-state index in [1.807, 2.05) is 42.5 Å². The molecule has 0 saturated heterocycles. The summed E-state index contributed by atoms with van der Waals surface area (Å²) in [6.07, 6.45) is 0.522. The smallest absolute Gasteiger partial charge is 0.126 e. The standard InChI is InChI=1S/C24H24N2O2/c1-16-7-9-17(10-8-16)21-15-22(20-5-3-4-6-23(20)27)26-24(25-21)18-11-13-19(28-2)14-12-18/h3-14,22,24,26-27H,15H2,1-2H3/t22-,24+/m1/s1. The lowest BCUT2D eigenvalue weighted by atomic mass is 9.93. The Morgan fingerprint density at radius 1 is 0.964 bits per heavy atom. The number of para-hydroxylation sites is 1. The molecule has 4 rings (SSSR count). The Morgan fingerprint density at radius 2 is 1.68 bits per heavy atom. The molecule has 1 aliphatic rings. The molecule has 0 aliphatic carbocycles. The van der Waals surface area contributed by atoms with E-state index >= 15 is 0 Å². The van der Waals surface area contributed by atoms with Gasteiger partial charge >= 0.3 is 0 Å². The maximum absolute atomic E-state index is 10.4. The molecule has 0 unspecified atom stereocenters. The van der Waals surface area contributed by atoms with Crippen LogP contribution in [0.2, 0.25) is 0 Å². The molecule has 3 aromatic carbocycles. The van der Waals surface area contributed by atoms with E-state index in [-0.39, 0.29) is 12.2 Å². The Kier molecular flexibility index (Phi) is 5.13. The molecule has 0 aromatic heterocycles. The number of hydrogen-bond donors (Lipinski definition) is 2. The number of rotatable bonds is 4. The predicted molar refractivity (Wildman–Crippen MR) is 112 cm³/mol. The molecular formula is C24H24N2O2. The summed E-state index contributed by atoms with van der Waals surface area (Å²) < 4.78 is 5.28. The Balaban J connectivity index is 1.73. The van der Waals surface area contributed by atoms with Gasteiger partial charge in [-0.15, -0.1) is 0 Å². The summed E-state index contributed by atoms with van der Waals surface area (Å²) in [4.78, 5) is 5.00. The van der Waals surface area contributed by atoms with Gasteiger partial charge in [0.2, 0.25) is 0 Å². The number of phenolic OH excluding ortho intramolecular Hbond substituents is 1. The third kappa shape index (κ3) is 3.78. The van der Waals surface area contributed by atoms with Crippen LogP contribution in [0.15, 0.2) is 77.8 Å². The van der Waals surface area contributed by atoms with Crippen molar-refractivity contribution in [3.05, 3.63) is 95.1 Å². The van der Waals surface area contributed by atoms with Crippen molar-refractivity contribution in [1.82, 2.24) is 5.32 Å². The highest BCUT2D eigenvalue weighted by atomic mass is 16.5. The number of benzene rings is 3. The number of aryl methyl sites for hydroxylation is 1. The van der Waals surface area contributed by atoms with Crippen LogP contribution < -0.4 is 10.1 Å². The minimum absolute atomic E-state index is 0.0258. The zero-order chi connectivity index (χ0) is 19.5. The summed E-state index contributed by atoms with van der Waals surface area (Å²) >= 11 is 0. The largest absolute Gasteiger partial charge is 0.508 e. The van der Waals surface area contributed by atoms with E-state index in [0.29, 0.717) is 12.2 Å². The van der Waals surface area contributed by atoms with Crippen LogP contribution in [0.3, 0.4) is 0 Å². The highest BCUT2D eigenvalue weighted by molar-refractivity contribution is 6.01. The normalized spacial score (nSPS) is 19.1. The number of nitrogens with zero attached hydrogens (tertiary/aromatic N) is 1. The van der Waals surface area contributed by atoms with Gasteiger partial charge in [-0.1, -0.05) is 60.2 Å². The molecule has 1 heterocycles. The molecule has 2 atom stereocenters. The van der Waals surface area contributed by atoms with Crippen molar-refractivity contribution in [2.24, 2.45) is 4.99 Å². The van der Waals surface area contributed by atoms with Gasteiger partial charge in [0, 0.05) is 23.7 Å². The van der Waals surface area contributed by atoms with Gasteiger partial charge in [-0.25, -0.2) is 0 Å². The zero-order valence-electron chi connectivity index (χ0n) is 16.1. The average molecular weight is 372 g/mol. The third-order valence-corrected chi connectivity index (χ3v) is 5.17. The Bertz CT molecular complexity index is 978. The first kappa shape index (κ1) is 18.3. The molecule has 2 N–H and O–H groups in total. The van der Waals surface area contributed by atoms with Crippen molar-refractivity contribution in [3.8, 4) is 11.5 Å². The highest BCUT2D eigenvalue weighted by Crippen LogP contribution is 2.34. The van der Waals surface area contributed by atoms with Crippen LogP contribution in [0.1, 0.15) is 40.9 Å². The fourth-order valence-corrected chi connectivity index (χ4v) is 3.57. The van der Waals surface area contributed by atoms with Crippen LogP contribution in [-0.4, -0.2) is 17.9 Å². The van der Waals surface area contributed by atoms with Crippen molar-refractivity contribution in [3.63, 3.8) is 0 Å². The Morgan fingerprint density at radius 3 is 2.36 bits per heavy atom. The predicted octanol–water partition coefficient (Wildman–Crippen LogP) is 4.93. The quantitative estimate of drug-likeness (QED) is 0.683. The van der Waals surface area contributed by atoms with E-state index < -0.39 is 0 Å². The van der Waals surface area contributed by atoms with E-state index in [0.717, 1.165) is 28.2 Å². The summed E-state index contributed by atoms with van der Waals surface area (Å²) in [5.74, 6) is 1.12. The molecule has 0 spiro atoms. The lowest BCUT2D eigenvalue weighted by molar-refractivity contribution is 0.408. The van der Waals surface area contributed by atoms with Gasteiger partial charge in [0.1, 0.15) is 17.7 Å². The molecule has 0 amide bonds. The number of aromatic hydroxyl groups is 1. The van der Waals surface area contributed by atoms with Crippen molar-refractivity contribution >= 4 is 5.71 Å². The molecule has 28 heavy (non-hydrogen) atoms. The molecular weight excluding hydrogens is 348 g/mol. The van der Waals surface area contributed by atoms with Crippen LogP contribution in [0.25, 0.3) is 0 Å². The van der Waals surface area contributed by atoms with Gasteiger partial charge in [0.15, 0.2) is 0 Å². The van der Waals surface area contributed by atoms with Gasteiger partial charge in [0.25, 0.3) is 0 Å². The third-order valence-electron chi connectivity index (χ3n) is 5.17. The summed E-state index contributed by atoms with van der Waals surface area (Å²) in [5.41, 5.74) is 5.33. The lowest BCUT2D eigenvalue weighted by Crippen LogP contribution is -2.33. The van der Waals surface area contributed by atoms with Gasteiger partial charge in [0.05, 0.1) is 7.11 Å². The number of nitrogens with one attached hydrogen (secondary N) is 1. The molecule has 1 aliphatic heterocycles. The van der Waals surface area contributed by atoms with E-state index in [1.54, 1.807) is 13.2 Å². The topological polar surface area (TPSA) is 53.9 Å². The Hall–Kier alpha value is -3.11. The molecule has 3 aromatic rings. The van der Waals surface area contributed by atoms with Crippen LogP contribution in [0.5, 0.6) is 11.5 Å². The van der Waals surface area contributed by atoms with Crippen molar-refractivity contribution in [2.45, 2.75) is 25.6 Å². The number of hydrogen-bond acceptors (Lipinski definition) is 4. The van der Waals surface area contributed by atoms with E-state index in [2.05, 4.69) is 36.5 Å². The summed E-state index contributed by atoms with van der Waals surface area (Å²) in [6.45, 7) is 2.08. The molecule has 0 bridgehead atoms. The summed E-state index contributed by atoms with van der Waals surface area (Å²) in [5, 5.41) is 14.0. The number of methoxy groups -OCH3 is 1.